The highest BCUT2D eigenvalue weighted by molar-refractivity contribution is 8.45. The van der Waals surface area contributed by atoms with Crippen molar-refractivity contribution in [2.24, 2.45) is 0 Å². The molecule has 0 aliphatic carbocycles. The Morgan fingerprint density at radius 3 is 1.41 bits per heavy atom. The van der Waals surface area contributed by atoms with E-state index in [0.29, 0.717) is 12.1 Å². The van der Waals surface area contributed by atoms with Crippen LogP contribution >= 0.6 is 10.2 Å². The first-order valence-electron chi connectivity index (χ1n) is 9.15. The summed E-state index contributed by atoms with van der Waals surface area (Å²) in [4.78, 5) is -3.42. The second kappa shape index (κ2) is 8.59. The van der Waals surface area contributed by atoms with Gasteiger partial charge in [-0.15, -0.1) is 0 Å². The van der Waals surface area contributed by atoms with Crippen molar-refractivity contribution in [2.75, 3.05) is 0 Å². The summed E-state index contributed by atoms with van der Waals surface area (Å²) in [5.74, 6) is -2.70. The van der Waals surface area contributed by atoms with Crippen LogP contribution in [-0.2, 0) is 12.4 Å². The summed E-state index contributed by atoms with van der Waals surface area (Å²) in [6, 6.07) is 2.21. The maximum atomic E-state index is 15.3. The van der Waals surface area contributed by atoms with Crippen LogP contribution in [0, 0.1) is 62.5 Å². The van der Waals surface area contributed by atoms with Gasteiger partial charge in [0.25, 0.3) is 0 Å². The Morgan fingerprint density at radius 2 is 1.10 bits per heavy atom. The van der Waals surface area contributed by atoms with Crippen LogP contribution in [0.1, 0.15) is 27.8 Å². The molecule has 39 heavy (non-hydrogen) atoms. The van der Waals surface area contributed by atoms with Gasteiger partial charge in [-0.1, -0.05) is 19.4 Å². The van der Waals surface area contributed by atoms with Crippen molar-refractivity contribution in [2.45, 2.75) is 17.2 Å². The number of benzene rings is 2. The van der Waals surface area contributed by atoms with Crippen molar-refractivity contribution >= 4 is 21.4 Å². The minimum Gasteiger partial charge on any atom is -0.205 e. The molecule has 2 aromatic rings. The molecule has 0 N–H and O–H groups in total. The van der Waals surface area contributed by atoms with Gasteiger partial charge >= 0.3 is 22.6 Å². The molecule has 0 unspecified atom stereocenters. The zero-order chi connectivity index (χ0) is 30.4. The summed E-state index contributed by atoms with van der Waals surface area (Å²) in [7, 11) is -11.3. The summed E-state index contributed by atoms with van der Waals surface area (Å²) in [6.07, 6.45) is -11.7. The maximum absolute atomic E-state index is 15.3. The first-order chi connectivity index (χ1) is 17.5. The number of nitrogens with zero attached hydrogens (tertiary/aromatic N) is 5. The highest BCUT2D eigenvalue weighted by atomic mass is 32.5. The molecule has 0 amide bonds. The Hall–Kier alpha value is -4.86. The highest BCUT2D eigenvalue weighted by Gasteiger charge is 2.66. The van der Waals surface area contributed by atoms with Crippen molar-refractivity contribution in [3.05, 3.63) is 62.3 Å². The number of hydrogen-bond donors (Lipinski definition) is 0. The second-order valence-electron chi connectivity index (χ2n) is 7.21. The Morgan fingerprint density at radius 1 is 0.667 bits per heavy atom. The molecule has 0 saturated carbocycles. The van der Waals surface area contributed by atoms with Crippen LogP contribution in [0.2, 0.25) is 0 Å². The number of alkyl halides is 6. The predicted octanol–water partition coefficient (Wildman–Crippen LogP) is 6.18. The van der Waals surface area contributed by atoms with Gasteiger partial charge in [-0.2, -0.15) is 52.7 Å². The van der Waals surface area contributed by atoms with Crippen LogP contribution in [0.3, 0.4) is 0 Å². The van der Waals surface area contributed by atoms with Crippen molar-refractivity contribution < 1.29 is 50.2 Å². The quantitative estimate of drug-likeness (QED) is 0.390. The van der Waals surface area contributed by atoms with Crippen LogP contribution < -0.4 is 10.4 Å². The normalized spacial score (nSPS) is 14.3. The van der Waals surface area contributed by atoms with Crippen molar-refractivity contribution in [3.63, 3.8) is 0 Å². The largest absolute Gasteiger partial charge is 0.417 e. The smallest absolute Gasteiger partial charge is 0.205 e. The Kier molecular flexibility index (Phi) is 6.69. The molecule has 0 heterocycles. The van der Waals surface area contributed by atoms with Gasteiger partial charge in [-0.3, -0.25) is 0 Å². The van der Waals surface area contributed by atoms with E-state index in [2.05, 4.69) is 0 Å². The third-order valence-electron chi connectivity index (χ3n) is 4.76. The van der Waals surface area contributed by atoms with Gasteiger partial charge < -0.3 is 0 Å². The van der Waals surface area contributed by atoms with Crippen LogP contribution in [0.15, 0.2) is 23.1 Å². The molecule has 0 radical (unpaired) electrons. The molecule has 0 atom stereocenters. The fraction of sp³-hybridized carbons (Fsp3) is 0.0952. The lowest BCUT2D eigenvalue weighted by atomic mass is 9.92. The number of halogens is 12. The highest BCUT2D eigenvalue weighted by Crippen LogP contribution is 3.01. The number of hydrogen-bond acceptors (Lipinski definition) is 5. The third kappa shape index (κ3) is 5.69. The van der Waals surface area contributed by atoms with Crippen molar-refractivity contribution in [1.29, 1.82) is 26.3 Å². The van der Waals surface area contributed by atoms with Crippen LogP contribution in [0.5, 0.6) is 0 Å². The maximum Gasteiger partial charge on any atom is 0.417 e. The SMILES string of the molecule is N#CC(C#N)=c1cc(S(F)(F)(F)(F)F)/c(=C(\C#N)c2cc(C(F)(F)F)c(C#N)c(C(F)(F)F)c2)c(F)c1C#N. The third-order valence-corrected chi connectivity index (χ3v) is 5.92. The fourth-order valence-electron chi connectivity index (χ4n) is 3.23. The zero-order valence-electron chi connectivity index (χ0n) is 17.9. The van der Waals surface area contributed by atoms with E-state index in [-0.39, 0.29) is 0 Å². The van der Waals surface area contributed by atoms with E-state index in [1.165, 1.54) is 0 Å². The Balaban J connectivity index is 3.57. The second-order valence-corrected chi connectivity index (χ2v) is 9.58. The first kappa shape index (κ1) is 30.4. The van der Waals surface area contributed by atoms with Crippen molar-refractivity contribution in [1.82, 2.24) is 0 Å². The molecule has 0 saturated heterocycles. The minimum atomic E-state index is -11.3. The van der Waals surface area contributed by atoms with Gasteiger partial charge in [-0.25, -0.2) is 4.39 Å². The monoisotopic (exact) mass is 585 g/mol. The molecular formula is C21H3F12N5S. The molecular weight excluding hydrogens is 582 g/mol. The van der Waals surface area contributed by atoms with Crippen LogP contribution in [-0.4, -0.2) is 0 Å². The Bertz CT molecular complexity index is 1720. The van der Waals surface area contributed by atoms with Crippen molar-refractivity contribution in [3.8, 4) is 30.3 Å². The van der Waals surface area contributed by atoms with Gasteiger partial charge in [0.2, 0.25) is 0 Å². The van der Waals surface area contributed by atoms with Gasteiger partial charge in [0.1, 0.15) is 40.8 Å². The van der Waals surface area contributed by atoms with E-state index in [1.54, 1.807) is 0 Å². The lowest BCUT2D eigenvalue weighted by Crippen LogP contribution is -2.31. The van der Waals surface area contributed by atoms with E-state index in [4.69, 9.17) is 15.8 Å². The summed E-state index contributed by atoms with van der Waals surface area (Å²) in [6.45, 7) is 0. The first-order valence-corrected chi connectivity index (χ1v) is 11.1. The topological polar surface area (TPSA) is 119 Å². The molecule has 5 nitrogen and oxygen atoms in total. The molecule has 0 bridgehead atoms. The molecule has 0 aliphatic rings. The zero-order valence-corrected chi connectivity index (χ0v) is 18.7. The molecule has 0 aliphatic heterocycles. The molecule has 0 aromatic heterocycles. The average molecular weight is 585 g/mol. The standard InChI is InChI=1S/C21H3F12N5S/c22-19-13(7-37)11(10(4-34)5-35)3-17(39(29,30,31,32)33)18(19)12(6-36)9-1-15(20(23,24)25)14(8-38)16(2-9)21(26,27)28/h1-3H/b18-12-. The molecule has 18 heteroatoms. The summed E-state index contributed by atoms with van der Waals surface area (Å²) in [5.41, 5.74) is -14.3. The van der Waals surface area contributed by atoms with Gasteiger partial charge in [0.05, 0.1) is 33.0 Å². The van der Waals surface area contributed by atoms with Gasteiger partial charge in [-0.05, 0) is 23.8 Å². The van der Waals surface area contributed by atoms with E-state index in [1.807, 2.05) is 0 Å². The predicted molar refractivity (Wildman–Crippen MR) is 106 cm³/mol. The van der Waals surface area contributed by atoms with Crippen LogP contribution in [0.4, 0.5) is 50.2 Å². The lowest BCUT2D eigenvalue weighted by Gasteiger charge is -2.41. The van der Waals surface area contributed by atoms with E-state index >= 15 is 4.39 Å². The number of nitriles is 5. The van der Waals surface area contributed by atoms with Crippen LogP contribution in [0.25, 0.3) is 11.1 Å². The fourth-order valence-corrected chi connectivity index (χ4v) is 4.15. The summed E-state index contributed by atoms with van der Waals surface area (Å²) >= 11 is 0. The van der Waals surface area contributed by atoms with Gasteiger partial charge in [0.15, 0.2) is 5.82 Å². The molecule has 2 aromatic carbocycles. The van der Waals surface area contributed by atoms with E-state index in [0.717, 1.165) is 18.2 Å². The summed E-state index contributed by atoms with van der Waals surface area (Å²) < 4.78 is 166. The van der Waals surface area contributed by atoms with Gasteiger partial charge in [0, 0.05) is 5.22 Å². The minimum absolute atomic E-state index is 0.469. The Labute approximate surface area is 208 Å². The lowest BCUT2D eigenvalue weighted by molar-refractivity contribution is -0.143. The molecule has 0 fully saturated rings. The molecule has 2 rings (SSSR count). The number of rotatable bonds is 2. The van der Waals surface area contributed by atoms with E-state index in [9.17, 15) is 56.3 Å². The average Bonchev–Trinajstić information content (AvgIpc) is 2.78. The van der Waals surface area contributed by atoms with E-state index < -0.39 is 101 Å². The summed E-state index contributed by atoms with van der Waals surface area (Å²) in [5, 5.41) is 40.9. The molecule has 0 spiro atoms. The molecule has 202 valence electrons.